The molecule has 0 aliphatic carbocycles. The lowest BCUT2D eigenvalue weighted by Gasteiger charge is -2.09. The third kappa shape index (κ3) is 2.57. The van der Waals surface area contributed by atoms with Crippen molar-refractivity contribution in [2.24, 2.45) is 0 Å². The summed E-state index contributed by atoms with van der Waals surface area (Å²) in [6.07, 6.45) is 1.73. The van der Waals surface area contributed by atoms with Crippen molar-refractivity contribution < 1.29 is 0 Å². The fourth-order valence-electron chi connectivity index (χ4n) is 3.23. The summed E-state index contributed by atoms with van der Waals surface area (Å²) >= 11 is 1.63. The maximum Gasteiger partial charge on any atom is 0.172 e. The molecule has 0 saturated heterocycles. The Balaban J connectivity index is 1.56. The number of rotatable bonds is 3. The Labute approximate surface area is 148 Å². The quantitative estimate of drug-likeness (QED) is 0.590. The molecule has 1 aliphatic rings. The second-order valence-corrected chi connectivity index (χ2v) is 7.23. The number of anilines is 2. The standard InChI is InChI=1S/C18H16N6S/c1-24-9-11-4-5-13(7-12(11)10-24)20-18-16-14(8-19-23-16)21-17(22-18)15-3-2-6-25-15/h2-8H,9-10H2,1H3,(H,19,23)(H,20,21,22). The first kappa shape index (κ1) is 14.6. The van der Waals surface area contributed by atoms with E-state index in [4.69, 9.17) is 4.98 Å². The van der Waals surface area contributed by atoms with Gasteiger partial charge in [-0.3, -0.25) is 10.00 Å². The topological polar surface area (TPSA) is 69.7 Å². The zero-order chi connectivity index (χ0) is 16.8. The Morgan fingerprint density at radius 3 is 2.96 bits per heavy atom. The number of H-pyrrole nitrogens is 1. The maximum absolute atomic E-state index is 4.73. The van der Waals surface area contributed by atoms with Gasteiger partial charge in [0.2, 0.25) is 0 Å². The van der Waals surface area contributed by atoms with Gasteiger partial charge < -0.3 is 5.32 Å². The molecular weight excluding hydrogens is 332 g/mol. The summed E-state index contributed by atoms with van der Waals surface area (Å²) in [6.45, 7) is 1.99. The Bertz CT molecular complexity index is 1050. The highest BCUT2D eigenvalue weighted by molar-refractivity contribution is 7.13. The van der Waals surface area contributed by atoms with Gasteiger partial charge in [0, 0.05) is 18.8 Å². The van der Waals surface area contributed by atoms with Gasteiger partial charge in [0.05, 0.1) is 11.1 Å². The highest BCUT2D eigenvalue weighted by atomic mass is 32.1. The van der Waals surface area contributed by atoms with Gasteiger partial charge in [-0.25, -0.2) is 9.97 Å². The smallest absolute Gasteiger partial charge is 0.172 e. The average Bonchev–Trinajstić information content (AvgIpc) is 3.34. The number of benzene rings is 1. The zero-order valence-corrected chi connectivity index (χ0v) is 14.5. The highest BCUT2D eigenvalue weighted by Gasteiger charge is 2.17. The third-order valence-corrected chi connectivity index (χ3v) is 5.26. The van der Waals surface area contributed by atoms with Gasteiger partial charge in [-0.1, -0.05) is 12.1 Å². The van der Waals surface area contributed by atoms with E-state index in [2.05, 4.69) is 50.6 Å². The Kier molecular flexibility index (Phi) is 3.29. The maximum atomic E-state index is 4.73. The minimum atomic E-state index is 0.715. The Morgan fingerprint density at radius 1 is 1.16 bits per heavy atom. The van der Waals surface area contributed by atoms with E-state index in [-0.39, 0.29) is 0 Å². The summed E-state index contributed by atoms with van der Waals surface area (Å²) < 4.78 is 0. The van der Waals surface area contributed by atoms with Crippen molar-refractivity contribution in [1.29, 1.82) is 0 Å². The summed E-state index contributed by atoms with van der Waals surface area (Å²) in [5.74, 6) is 1.46. The molecule has 5 rings (SSSR count). The van der Waals surface area contributed by atoms with Crippen molar-refractivity contribution >= 4 is 33.9 Å². The number of nitrogens with zero attached hydrogens (tertiary/aromatic N) is 4. The van der Waals surface area contributed by atoms with Crippen LogP contribution in [0.5, 0.6) is 0 Å². The van der Waals surface area contributed by atoms with E-state index in [1.807, 2.05) is 17.5 Å². The van der Waals surface area contributed by atoms with Gasteiger partial charge in [-0.2, -0.15) is 5.10 Å². The molecule has 0 amide bonds. The predicted octanol–water partition coefficient (Wildman–Crippen LogP) is 3.77. The summed E-state index contributed by atoms with van der Waals surface area (Å²) in [5, 5.41) is 12.6. The molecule has 1 aromatic carbocycles. The van der Waals surface area contributed by atoms with E-state index >= 15 is 0 Å². The van der Waals surface area contributed by atoms with Crippen LogP contribution in [0.1, 0.15) is 11.1 Å². The normalized spacial score (nSPS) is 14.1. The van der Waals surface area contributed by atoms with Crippen LogP contribution in [-0.4, -0.2) is 32.1 Å². The first-order valence-corrected chi connectivity index (χ1v) is 8.96. The van der Waals surface area contributed by atoms with Crippen LogP contribution in [0.15, 0.2) is 41.9 Å². The van der Waals surface area contributed by atoms with Crippen molar-refractivity contribution in [3.05, 3.63) is 53.0 Å². The van der Waals surface area contributed by atoms with E-state index in [1.165, 1.54) is 11.1 Å². The molecule has 3 aromatic heterocycles. The molecule has 4 heterocycles. The van der Waals surface area contributed by atoms with Crippen LogP contribution >= 0.6 is 11.3 Å². The molecule has 0 bridgehead atoms. The molecule has 25 heavy (non-hydrogen) atoms. The van der Waals surface area contributed by atoms with Gasteiger partial charge >= 0.3 is 0 Å². The van der Waals surface area contributed by atoms with Crippen LogP contribution in [0.2, 0.25) is 0 Å². The molecule has 0 spiro atoms. The lowest BCUT2D eigenvalue weighted by molar-refractivity contribution is 0.353. The minimum absolute atomic E-state index is 0.715. The van der Waals surface area contributed by atoms with E-state index < -0.39 is 0 Å². The van der Waals surface area contributed by atoms with E-state index in [0.717, 1.165) is 40.5 Å². The number of thiophene rings is 1. The molecule has 7 heteroatoms. The monoisotopic (exact) mass is 348 g/mol. The third-order valence-electron chi connectivity index (χ3n) is 4.39. The molecule has 0 radical (unpaired) electrons. The van der Waals surface area contributed by atoms with Gasteiger partial charge in [0.15, 0.2) is 11.6 Å². The SMILES string of the molecule is CN1Cc2ccc(Nc3nc(-c4cccs4)nc4cn[nH]c34)cc2C1. The second kappa shape index (κ2) is 5.65. The van der Waals surface area contributed by atoms with Crippen molar-refractivity contribution in [3.8, 4) is 10.7 Å². The first-order valence-electron chi connectivity index (χ1n) is 8.08. The van der Waals surface area contributed by atoms with Crippen LogP contribution in [0.25, 0.3) is 21.7 Å². The van der Waals surface area contributed by atoms with Gasteiger partial charge in [-0.15, -0.1) is 11.3 Å². The number of nitrogens with one attached hydrogen (secondary N) is 2. The van der Waals surface area contributed by atoms with Crippen molar-refractivity contribution in [1.82, 2.24) is 25.1 Å². The van der Waals surface area contributed by atoms with Crippen LogP contribution in [0.3, 0.4) is 0 Å². The predicted molar refractivity (Wildman–Crippen MR) is 99.9 cm³/mol. The molecule has 0 saturated carbocycles. The zero-order valence-electron chi connectivity index (χ0n) is 13.7. The number of aromatic nitrogens is 4. The van der Waals surface area contributed by atoms with Gasteiger partial charge in [-0.05, 0) is 41.8 Å². The number of hydrogen-bond acceptors (Lipinski definition) is 6. The molecule has 1 aliphatic heterocycles. The summed E-state index contributed by atoms with van der Waals surface area (Å²) in [6, 6.07) is 10.5. The molecule has 4 aromatic rings. The molecule has 0 atom stereocenters. The highest BCUT2D eigenvalue weighted by Crippen LogP contribution is 2.30. The minimum Gasteiger partial charge on any atom is -0.338 e. The van der Waals surface area contributed by atoms with E-state index in [1.54, 1.807) is 17.5 Å². The largest absolute Gasteiger partial charge is 0.338 e. The van der Waals surface area contributed by atoms with Gasteiger partial charge in [0.25, 0.3) is 0 Å². The average molecular weight is 348 g/mol. The van der Waals surface area contributed by atoms with E-state index in [0.29, 0.717) is 5.82 Å². The lowest BCUT2D eigenvalue weighted by atomic mass is 10.1. The van der Waals surface area contributed by atoms with Crippen LogP contribution in [0, 0.1) is 0 Å². The molecular formula is C18H16N6S. The summed E-state index contributed by atoms with van der Waals surface area (Å²) in [5.41, 5.74) is 5.41. The first-order chi connectivity index (χ1) is 12.3. The molecule has 2 N–H and O–H groups in total. The second-order valence-electron chi connectivity index (χ2n) is 6.28. The molecule has 124 valence electrons. The molecule has 0 fully saturated rings. The van der Waals surface area contributed by atoms with Crippen LogP contribution in [0.4, 0.5) is 11.5 Å². The number of fused-ring (bicyclic) bond motifs is 2. The fourth-order valence-corrected chi connectivity index (χ4v) is 3.88. The Hall–Kier alpha value is -2.77. The summed E-state index contributed by atoms with van der Waals surface area (Å²) in [4.78, 5) is 12.7. The van der Waals surface area contributed by atoms with Crippen molar-refractivity contribution in [2.45, 2.75) is 13.1 Å². The van der Waals surface area contributed by atoms with Crippen molar-refractivity contribution in [3.63, 3.8) is 0 Å². The summed E-state index contributed by atoms with van der Waals surface area (Å²) in [7, 11) is 2.14. The lowest BCUT2D eigenvalue weighted by Crippen LogP contribution is -2.07. The Morgan fingerprint density at radius 2 is 2.08 bits per heavy atom. The molecule has 6 nitrogen and oxygen atoms in total. The van der Waals surface area contributed by atoms with Gasteiger partial charge in [0.1, 0.15) is 11.0 Å². The van der Waals surface area contributed by atoms with Crippen LogP contribution < -0.4 is 5.32 Å². The number of hydrogen-bond donors (Lipinski definition) is 2. The van der Waals surface area contributed by atoms with Crippen LogP contribution in [-0.2, 0) is 13.1 Å². The number of aromatic amines is 1. The van der Waals surface area contributed by atoms with Crippen molar-refractivity contribution in [2.75, 3.05) is 12.4 Å². The van der Waals surface area contributed by atoms with E-state index in [9.17, 15) is 0 Å². The molecule has 0 unspecified atom stereocenters. The fraction of sp³-hybridized carbons (Fsp3) is 0.167.